The number of H-pyrrole nitrogens is 1. The SMILES string of the molecule is CN(C)C(=O)COCC1CN(Cc2cccc3cc[nH]c23)CC(C)(C)O1. The molecule has 0 radical (unpaired) electrons. The molecule has 6 nitrogen and oxygen atoms in total. The molecule has 0 aliphatic carbocycles. The predicted octanol–water partition coefficient (Wildman–Crippen LogP) is 2.25. The standard InChI is InChI=1S/C20H29N3O3/c1-20(2)14-23(10-16-7-5-6-15-8-9-21-19(15)16)11-17(26-20)12-25-13-18(24)22(3)4/h5-9,17,21H,10-14H2,1-4H3. The number of para-hydroxylation sites is 1. The van der Waals surface area contributed by atoms with Crippen LogP contribution in [-0.4, -0.2) is 72.8 Å². The summed E-state index contributed by atoms with van der Waals surface area (Å²) in [5, 5.41) is 1.23. The molecule has 1 aromatic heterocycles. The molecule has 3 rings (SSSR count). The van der Waals surface area contributed by atoms with Gasteiger partial charge in [-0.2, -0.15) is 0 Å². The molecule has 1 aliphatic rings. The summed E-state index contributed by atoms with van der Waals surface area (Å²) in [4.78, 5) is 18.9. The first-order valence-corrected chi connectivity index (χ1v) is 9.07. The van der Waals surface area contributed by atoms with Crippen LogP contribution in [0.5, 0.6) is 0 Å². The van der Waals surface area contributed by atoms with Gasteiger partial charge in [0, 0.05) is 45.4 Å². The van der Waals surface area contributed by atoms with Crippen LogP contribution >= 0.6 is 0 Å². The topological polar surface area (TPSA) is 57.8 Å². The first-order valence-electron chi connectivity index (χ1n) is 9.07. The number of benzene rings is 1. The van der Waals surface area contributed by atoms with Gasteiger partial charge < -0.3 is 19.4 Å². The maximum absolute atomic E-state index is 11.7. The van der Waals surface area contributed by atoms with Crippen molar-refractivity contribution in [3.05, 3.63) is 36.0 Å². The van der Waals surface area contributed by atoms with E-state index in [0.717, 1.165) is 19.6 Å². The molecule has 1 unspecified atom stereocenters. The Morgan fingerprint density at radius 1 is 1.38 bits per heavy atom. The second kappa shape index (κ2) is 7.78. The zero-order valence-electron chi connectivity index (χ0n) is 16.1. The average Bonchev–Trinajstić information content (AvgIpc) is 3.03. The number of aromatic amines is 1. The van der Waals surface area contributed by atoms with Crippen molar-refractivity contribution in [3.63, 3.8) is 0 Å². The first kappa shape index (κ1) is 18.9. The highest BCUT2D eigenvalue weighted by Gasteiger charge is 2.33. The second-order valence-corrected chi connectivity index (χ2v) is 7.83. The van der Waals surface area contributed by atoms with Gasteiger partial charge in [-0.3, -0.25) is 9.69 Å². The molecule has 26 heavy (non-hydrogen) atoms. The van der Waals surface area contributed by atoms with Gasteiger partial charge in [-0.15, -0.1) is 0 Å². The van der Waals surface area contributed by atoms with Gasteiger partial charge in [0.25, 0.3) is 0 Å². The molecule has 0 saturated carbocycles. The van der Waals surface area contributed by atoms with Crippen LogP contribution in [-0.2, 0) is 20.8 Å². The Labute approximate surface area is 155 Å². The molecule has 6 heteroatoms. The molecule has 2 heterocycles. The largest absolute Gasteiger partial charge is 0.369 e. The van der Waals surface area contributed by atoms with Gasteiger partial charge in [0.15, 0.2) is 0 Å². The Bertz CT molecular complexity index is 754. The Balaban J connectivity index is 1.62. The van der Waals surface area contributed by atoms with E-state index in [1.807, 2.05) is 6.20 Å². The number of hydrogen-bond acceptors (Lipinski definition) is 4. The normalized spacial score (nSPS) is 20.4. The van der Waals surface area contributed by atoms with Crippen LogP contribution in [0.25, 0.3) is 10.9 Å². The van der Waals surface area contributed by atoms with Crippen LogP contribution in [0.15, 0.2) is 30.5 Å². The maximum atomic E-state index is 11.7. The maximum Gasteiger partial charge on any atom is 0.248 e. The number of nitrogens with one attached hydrogen (secondary N) is 1. The molecule has 2 aromatic rings. The minimum atomic E-state index is -0.249. The van der Waals surface area contributed by atoms with E-state index in [0.29, 0.717) is 6.61 Å². The summed E-state index contributed by atoms with van der Waals surface area (Å²) in [6, 6.07) is 8.49. The summed E-state index contributed by atoms with van der Waals surface area (Å²) in [7, 11) is 3.46. The lowest BCUT2D eigenvalue weighted by atomic mass is 10.0. The Hall–Kier alpha value is -1.89. The minimum absolute atomic E-state index is 0.0321. The number of morpholine rings is 1. The Morgan fingerprint density at radius 3 is 2.96 bits per heavy atom. The molecular weight excluding hydrogens is 330 g/mol. The number of aromatic nitrogens is 1. The van der Waals surface area contributed by atoms with Crippen molar-refractivity contribution in [2.45, 2.75) is 32.1 Å². The van der Waals surface area contributed by atoms with Crippen molar-refractivity contribution < 1.29 is 14.3 Å². The average molecular weight is 359 g/mol. The smallest absolute Gasteiger partial charge is 0.248 e. The van der Waals surface area contributed by atoms with Crippen LogP contribution in [0.2, 0.25) is 0 Å². The Kier molecular flexibility index (Phi) is 5.65. The lowest BCUT2D eigenvalue weighted by Gasteiger charge is -2.42. The van der Waals surface area contributed by atoms with Crippen LogP contribution in [0, 0.1) is 0 Å². The van der Waals surface area contributed by atoms with Crippen LogP contribution in [0.1, 0.15) is 19.4 Å². The van der Waals surface area contributed by atoms with Gasteiger partial charge in [-0.1, -0.05) is 18.2 Å². The third-order valence-corrected chi connectivity index (χ3v) is 4.65. The number of carbonyl (C=O) groups is 1. The third kappa shape index (κ3) is 4.63. The van der Waals surface area contributed by atoms with Crippen LogP contribution in [0.4, 0.5) is 0 Å². The number of rotatable bonds is 6. The molecule has 1 atom stereocenters. The third-order valence-electron chi connectivity index (χ3n) is 4.65. The molecule has 1 N–H and O–H groups in total. The Morgan fingerprint density at radius 2 is 2.19 bits per heavy atom. The van der Waals surface area contributed by atoms with E-state index < -0.39 is 0 Å². The fourth-order valence-electron chi connectivity index (χ4n) is 3.55. The van der Waals surface area contributed by atoms with E-state index >= 15 is 0 Å². The van der Waals surface area contributed by atoms with E-state index in [2.05, 4.69) is 48.0 Å². The van der Waals surface area contributed by atoms with Gasteiger partial charge in [0.1, 0.15) is 6.61 Å². The quantitative estimate of drug-likeness (QED) is 0.859. The van der Waals surface area contributed by atoms with E-state index in [-0.39, 0.29) is 24.2 Å². The summed E-state index contributed by atoms with van der Waals surface area (Å²) in [5.74, 6) is -0.0321. The van der Waals surface area contributed by atoms with Crippen molar-refractivity contribution in [3.8, 4) is 0 Å². The molecule has 1 amide bonds. The molecule has 0 bridgehead atoms. The lowest BCUT2D eigenvalue weighted by molar-refractivity contribution is -0.161. The second-order valence-electron chi connectivity index (χ2n) is 7.83. The summed E-state index contributed by atoms with van der Waals surface area (Å²) >= 11 is 0. The van der Waals surface area contributed by atoms with Crippen molar-refractivity contribution in [2.75, 3.05) is 40.4 Å². The molecule has 1 fully saturated rings. The predicted molar refractivity (Wildman–Crippen MR) is 102 cm³/mol. The van der Waals surface area contributed by atoms with Crippen molar-refractivity contribution >= 4 is 16.8 Å². The lowest BCUT2D eigenvalue weighted by Crippen LogP contribution is -2.53. The summed E-state index contributed by atoms with van der Waals surface area (Å²) in [6.45, 7) is 7.23. The van der Waals surface area contributed by atoms with Gasteiger partial charge in [-0.05, 0) is 30.9 Å². The highest BCUT2D eigenvalue weighted by Crippen LogP contribution is 2.25. The van der Waals surface area contributed by atoms with Gasteiger partial charge in [0.2, 0.25) is 5.91 Å². The number of hydrogen-bond donors (Lipinski definition) is 1. The van der Waals surface area contributed by atoms with Crippen LogP contribution in [0.3, 0.4) is 0 Å². The van der Waals surface area contributed by atoms with E-state index in [4.69, 9.17) is 9.47 Å². The number of carbonyl (C=O) groups excluding carboxylic acids is 1. The van der Waals surface area contributed by atoms with Crippen LogP contribution < -0.4 is 0 Å². The zero-order valence-corrected chi connectivity index (χ0v) is 16.1. The minimum Gasteiger partial charge on any atom is -0.369 e. The monoisotopic (exact) mass is 359 g/mol. The van der Waals surface area contributed by atoms with E-state index in [9.17, 15) is 4.79 Å². The van der Waals surface area contributed by atoms with Crippen molar-refractivity contribution in [2.24, 2.45) is 0 Å². The zero-order chi connectivity index (χ0) is 18.7. The van der Waals surface area contributed by atoms with Gasteiger partial charge >= 0.3 is 0 Å². The van der Waals surface area contributed by atoms with E-state index in [1.165, 1.54) is 21.4 Å². The van der Waals surface area contributed by atoms with E-state index in [1.54, 1.807) is 14.1 Å². The fourth-order valence-corrected chi connectivity index (χ4v) is 3.55. The summed E-state index contributed by atoms with van der Waals surface area (Å²) < 4.78 is 11.8. The van der Waals surface area contributed by atoms with Gasteiger partial charge in [-0.25, -0.2) is 0 Å². The fraction of sp³-hybridized carbons (Fsp3) is 0.550. The first-order chi connectivity index (χ1) is 12.3. The summed E-state index contributed by atoms with van der Waals surface area (Å²) in [5.41, 5.74) is 2.23. The number of ether oxygens (including phenoxy) is 2. The molecule has 1 aliphatic heterocycles. The van der Waals surface area contributed by atoms with Gasteiger partial charge in [0.05, 0.1) is 18.3 Å². The molecule has 1 aromatic carbocycles. The highest BCUT2D eigenvalue weighted by molar-refractivity contribution is 5.82. The molecule has 1 saturated heterocycles. The van der Waals surface area contributed by atoms with Crippen molar-refractivity contribution in [1.29, 1.82) is 0 Å². The highest BCUT2D eigenvalue weighted by atomic mass is 16.5. The molecule has 0 spiro atoms. The summed E-state index contributed by atoms with van der Waals surface area (Å²) in [6.07, 6.45) is 1.94. The number of fused-ring (bicyclic) bond motifs is 1. The number of amides is 1. The number of likely N-dealkylation sites (N-methyl/N-ethyl adjacent to an activating group) is 1. The molecule has 142 valence electrons. The molecular formula is C20H29N3O3. The van der Waals surface area contributed by atoms with Crippen molar-refractivity contribution in [1.82, 2.24) is 14.8 Å². The number of nitrogens with zero attached hydrogens (tertiary/aromatic N) is 2.